The molecule has 0 unspecified atom stereocenters. The van der Waals surface area contributed by atoms with Gasteiger partial charge in [-0.05, 0) is 38.5 Å². The Bertz CT molecular complexity index is 671. The Labute approximate surface area is 208 Å². The molecule has 1 N–H and O–H groups in total. The quantitative estimate of drug-likeness (QED) is 0.111. The smallest absolute Gasteiger partial charge is 0.305 e. The zero-order valence-electron chi connectivity index (χ0n) is 21.3. The van der Waals surface area contributed by atoms with E-state index in [1.807, 2.05) is 4.90 Å². The van der Waals surface area contributed by atoms with Crippen molar-refractivity contribution in [1.82, 2.24) is 9.80 Å². The number of carbonyl (C=O) groups excluding carboxylic acids is 1. The number of piperazine rings is 1. The van der Waals surface area contributed by atoms with Crippen LogP contribution < -0.4 is 0 Å². The highest BCUT2D eigenvalue weighted by Crippen LogP contribution is 2.09. The van der Waals surface area contributed by atoms with E-state index in [9.17, 15) is 13.2 Å². The molecule has 0 radical (unpaired) electrons. The van der Waals surface area contributed by atoms with E-state index in [4.69, 9.17) is 9.29 Å². The van der Waals surface area contributed by atoms with Gasteiger partial charge in [0.2, 0.25) is 0 Å². The lowest BCUT2D eigenvalue weighted by molar-refractivity contribution is -0.144. The zero-order valence-corrected chi connectivity index (χ0v) is 22.2. The molecule has 0 spiro atoms. The first-order chi connectivity index (χ1) is 16.4. The minimum Gasteiger partial charge on any atom is -0.464 e. The highest BCUT2D eigenvalue weighted by atomic mass is 32.2. The molecule has 0 aromatic carbocycles. The number of unbranched alkanes of at least 4 members (excludes halogenated alkanes) is 8. The monoisotopic (exact) mass is 500 g/mol. The molecule has 198 valence electrons. The van der Waals surface area contributed by atoms with Crippen LogP contribution >= 0.6 is 0 Å². The van der Waals surface area contributed by atoms with Crippen molar-refractivity contribution in [3.05, 3.63) is 24.3 Å². The Hall–Kier alpha value is -1.22. The van der Waals surface area contributed by atoms with Gasteiger partial charge in [0.15, 0.2) is 0 Å². The highest BCUT2D eigenvalue weighted by molar-refractivity contribution is 7.85. The molecule has 0 aromatic heterocycles. The fourth-order valence-corrected chi connectivity index (χ4v) is 4.41. The maximum Gasteiger partial charge on any atom is 0.305 e. The first kappa shape index (κ1) is 30.8. The molecule has 1 heterocycles. The van der Waals surface area contributed by atoms with Gasteiger partial charge in [0.1, 0.15) is 6.61 Å². The fourth-order valence-electron chi connectivity index (χ4n) is 3.92. The van der Waals surface area contributed by atoms with Gasteiger partial charge < -0.3 is 4.74 Å². The maximum atomic E-state index is 11.9. The first-order valence-electron chi connectivity index (χ1n) is 13.3. The van der Waals surface area contributed by atoms with Crippen LogP contribution in [0.5, 0.6) is 0 Å². The second kappa shape index (κ2) is 20.0. The molecular weight excluding hydrogens is 452 g/mol. The van der Waals surface area contributed by atoms with Gasteiger partial charge in [-0.1, -0.05) is 63.3 Å². The van der Waals surface area contributed by atoms with Crippen LogP contribution in [0.25, 0.3) is 0 Å². The van der Waals surface area contributed by atoms with Gasteiger partial charge in [-0.3, -0.25) is 19.1 Å². The molecule has 1 fully saturated rings. The van der Waals surface area contributed by atoms with E-state index >= 15 is 0 Å². The van der Waals surface area contributed by atoms with Crippen molar-refractivity contribution in [2.75, 3.05) is 51.6 Å². The average Bonchev–Trinajstić information content (AvgIpc) is 2.80. The molecule has 0 saturated carbocycles. The summed E-state index contributed by atoms with van der Waals surface area (Å²) in [6.07, 6.45) is 22.5. The normalized spacial score (nSPS) is 16.1. The number of hydrogen-bond acceptors (Lipinski definition) is 6. The van der Waals surface area contributed by atoms with Gasteiger partial charge in [-0.2, -0.15) is 8.42 Å². The van der Waals surface area contributed by atoms with Crippen molar-refractivity contribution in [2.45, 2.75) is 84.0 Å². The highest BCUT2D eigenvalue weighted by Gasteiger charge is 2.18. The predicted octanol–water partition coefficient (Wildman–Crippen LogP) is 4.85. The molecule has 1 aliphatic heterocycles. The molecule has 0 amide bonds. The Balaban J connectivity index is 1.88. The van der Waals surface area contributed by atoms with Gasteiger partial charge in [-0.25, -0.2) is 0 Å². The van der Waals surface area contributed by atoms with Crippen molar-refractivity contribution in [3.8, 4) is 0 Å². The minimum absolute atomic E-state index is 0.113. The van der Waals surface area contributed by atoms with Crippen LogP contribution in [0.1, 0.15) is 84.0 Å². The van der Waals surface area contributed by atoms with Crippen molar-refractivity contribution < 1.29 is 22.5 Å². The number of carbonyl (C=O) groups is 1. The van der Waals surface area contributed by atoms with E-state index in [2.05, 4.69) is 36.1 Å². The third-order valence-electron chi connectivity index (χ3n) is 6.13. The Kier molecular flexibility index (Phi) is 18.1. The summed E-state index contributed by atoms with van der Waals surface area (Å²) in [6, 6.07) is 0. The zero-order chi connectivity index (χ0) is 24.9. The molecule has 7 nitrogen and oxygen atoms in total. The van der Waals surface area contributed by atoms with Crippen LogP contribution in [0.15, 0.2) is 24.3 Å². The number of allylic oxidation sites excluding steroid dienone is 4. The summed E-state index contributed by atoms with van der Waals surface area (Å²) in [5, 5.41) is 0. The van der Waals surface area contributed by atoms with Crippen molar-refractivity contribution >= 4 is 16.1 Å². The summed E-state index contributed by atoms with van der Waals surface area (Å²) in [5.74, 6) is -0.337. The second-order valence-corrected chi connectivity index (χ2v) is 10.7. The molecule has 8 heteroatoms. The molecular formula is C26H48N2O5S. The first-order valence-corrected chi connectivity index (χ1v) is 14.9. The number of rotatable bonds is 20. The van der Waals surface area contributed by atoms with Gasteiger partial charge in [0.05, 0.1) is 5.75 Å². The lowest BCUT2D eigenvalue weighted by Crippen LogP contribution is -2.48. The van der Waals surface area contributed by atoms with Crippen LogP contribution in [-0.4, -0.2) is 80.4 Å². The molecule has 1 rings (SSSR count). The van der Waals surface area contributed by atoms with E-state index in [1.165, 1.54) is 44.9 Å². The van der Waals surface area contributed by atoms with Gasteiger partial charge >= 0.3 is 5.97 Å². The second-order valence-electron chi connectivity index (χ2n) is 9.17. The van der Waals surface area contributed by atoms with Gasteiger partial charge in [-0.15, -0.1) is 0 Å². The largest absolute Gasteiger partial charge is 0.464 e. The van der Waals surface area contributed by atoms with Crippen molar-refractivity contribution in [2.24, 2.45) is 0 Å². The van der Waals surface area contributed by atoms with E-state index < -0.39 is 10.1 Å². The van der Waals surface area contributed by atoms with Crippen LogP contribution in [0, 0.1) is 0 Å². The number of esters is 1. The van der Waals surface area contributed by atoms with E-state index in [1.54, 1.807) is 0 Å². The lowest BCUT2D eigenvalue weighted by Gasteiger charge is -2.34. The number of nitrogens with zero attached hydrogens (tertiary/aromatic N) is 2. The number of ether oxygens (including phenoxy) is 1. The van der Waals surface area contributed by atoms with Crippen molar-refractivity contribution in [1.29, 1.82) is 0 Å². The Morgan fingerprint density at radius 1 is 0.824 bits per heavy atom. The average molecular weight is 501 g/mol. The van der Waals surface area contributed by atoms with Crippen molar-refractivity contribution in [3.63, 3.8) is 0 Å². The van der Waals surface area contributed by atoms with E-state index in [0.29, 0.717) is 26.1 Å². The predicted molar refractivity (Wildman–Crippen MR) is 140 cm³/mol. The summed E-state index contributed by atoms with van der Waals surface area (Å²) in [4.78, 5) is 16.2. The van der Waals surface area contributed by atoms with Crippen LogP contribution in [-0.2, 0) is 19.6 Å². The molecule has 0 atom stereocenters. The van der Waals surface area contributed by atoms with E-state index in [-0.39, 0.29) is 11.7 Å². The topological polar surface area (TPSA) is 87.2 Å². The maximum absolute atomic E-state index is 11.9. The summed E-state index contributed by atoms with van der Waals surface area (Å²) >= 11 is 0. The van der Waals surface area contributed by atoms with Gasteiger partial charge in [0, 0.05) is 45.7 Å². The molecule has 34 heavy (non-hydrogen) atoms. The molecule has 1 aliphatic rings. The Morgan fingerprint density at radius 3 is 2.00 bits per heavy atom. The fraction of sp³-hybridized carbons (Fsp3) is 0.808. The number of hydrogen-bond donors (Lipinski definition) is 1. The van der Waals surface area contributed by atoms with Crippen LogP contribution in [0.2, 0.25) is 0 Å². The molecule has 0 bridgehead atoms. The summed E-state index contributed by atoms with van der Waals surface area (Å²) in [7, 11) is -3.90. The molecule has 0 aliphatic carbocycles. The van der Waals surface area contributed by atoms with Crippen LogP contribution in [0.4, 0.5) is 0 Å². The third-order valence-corrected chi connectivity index (χ3v) is 6.83. The summed E-state index contributed by atoms with van der Waals surface area (Å²) in [5.41, 5.74) is 0. The summed E-state index contributed by atoms with van der Waals surface area (Å²) in [6.45, 7) is 6.85. The molecule has 0 aromatic rings. The lowest BCUT2D eigenvalue weighted by atomic mass is 10.1. The molecule has 1 saturated heterocycles. The Morgan fingerprint density at radius 2 is 1.38 bits per heavy atom. The SMILES string of the molecule is CCCCCC=CCC=CCCCCCCCC(=O)OCCN1CCN(CCS(=O)(=O)O)CC1. The van der Waals surface area contributed by atoms with Gasteiger partial charge in [0.25, 0.3) is 10.1 Å². The van der Waals surface area contributed by atoms with Crippen LogP contribution in [0.3, 0.4) is 0 Å². The summed E-state index contributed by atoms with van der Waals surface area (Å²) < 4.78 is 35.9. The standard InChI is InChI=1S/C26H48N2O5S/c1-2-3-4-5-6-7-8-9-10-11-12-13-14-15-16-17-26(29)33-24-22-27-18-20-28(21-19-27)23-25-34(30,31)32/h6-7,9-10H,2-5,8,11-25H2,1H3,(H,30,31,32). The third kappa shape index (κ3) is 19.1. The minimum atomic E-state index is -3.90. The van der Waals surface area contributed by atoms with E-state index in [0.717, 1.165) is 51.9 Å².